The molecule has 1 saturated heterocycles. The number of anilines is 1. The van der Waals surface area contributed by atoms with Crippen molar-refractivity contribution in [2.75, 3.05) is 25.5 Å². The van der Waals surface area contributed by atoms with E-state index in [0.29, 0.717) is 17.9 Å². The minimum absolute atomic E-state index is 0.360. The van der Waals surface area contributed by atoms with E-state index in [-0.39, 0.29) is 0 Å². The third-order valence-electron chi connectivity index (χ3n) is 5.74. The molecule has 1 aliphatic heterocycles. The predicted octanol–water partition coefficient (Wildman–Crippen LogP) is 2.63. The van der Waals surface area contributed by atoms with Crippen LogP contribution in [0.2, 0.25) is 0 Å². The lowest BCUT2D eigenvalue weighted by Crippen LogP contribution is -2.38. The largest absolute Gasteiger partial charge is 0.495 e. The molecule has 3 aromatic rings. The molecule has 0 amide bonds. The van der Waals surface area contributed by atoms with Gasteiger partial charge >= 0.3 is 0 Å². The van der Waals surface area contributed by atoms with Gasteiger partial charge in [0.2, 0.25) is 5.95 Å². The van der Waals surface area contributed by atoms with Gasteiger partial charge in [0.05, 0.1) is 19.0 Å². The summed E-state index contributed by atoms with van der Waals surface area (Å²) in [5.74, 6) is 1.94. The van der Waals surface area contributed by atoms with Gasteiger partial charge in [-0.25, -0.2) is 19.5 Å². The van der Waals surface area contributed by atoms with Gasteiger partial charge in [0, 0.05) is 30.8 Å². The maximum Gasteiger partial charge on any atom is 0.223 e. The number of piperidine rings is 1. The predicted molar refractivity (Wildman–Crippen MR) is 107 cm³/mol. The van der Waals surface area contributed by atoms with E-state index in [2.05, 4.69) is 20.6 Å². The SMILES string of the molecule is COc1cc2ncc(-c3ccnc(NC4CCCNC4)n3)n2nc1C1CCC1. The average molecular weight is 379 g/mol. The normalized spacial score (nSPS) is 20.1. The summed E-state index contributed by atoms with van der Waals surface area (Å²) in [4.78, 5) is 13.7. The zero-order valence-electron chi connectivity index (χ0n) is 16.1. The van der Waals surface area contributed by atoms with Crippen molar-refractivity contribution in [3.63, 3.8) is 0 Å². The summed E-state index contributed by atoms with van der Waals surface area (Å²) in [7, 11) is 1.70. The van der Waals surface area contributed by atoms with Crippen LogP contribution in [-0.4, -0.2) is 50.8 Å². The molecule has 8 heteroatoms. The fraction of sp³-hybridized carbons (Fsp3) is 0.500. The van der Waals surface area contributed by atoms with Crippen LogP contribution < -0.4 is 15.4 Å². The second kappa shape index (κ2) is 7.35. The van der Waals surface area contributed by atoms with Crippen LogP contribution >= 0.6 is 0 Å². The highest BCUT2D eigenvalue weighted by Crippen LogP contribution is 2.40. The van der Waals surface area contributed by atoms with Crippen molar-refractivity contribution >= 4 is 11.6 Å². The Bertz CT molecular complexity index is 976. The lowest BCUT2D eigenvalue weighted by atomic mass is 9.82. The van der Waals surface area contributed by atoms with Gasteiger partial charge < -0.3 is 15.4 Å². The zero-order chi connectivity index (χ0) is 18.9. The number of nitrogens with zero attached hydrogens (tertiary/aromatic N) is 5. The number of ether oxygens (including phenoxy) is 1. The molecule has 28 heavy (non-hydrogen) atoms. The summed E-state index contributed by atoms with van der Waals surface area (Å²) in [5.41, 5.74) is 3.46. The number of hydrogen-bond donors (Lipinski definition) is 2. The molecule has 2 N–H and O–H groups in total. The van der Waals surface area contributed by atoms with E-state index in [1.165, 1.54) is 12.8 Å². The van der Waals surface area contributed by atoms with Crippen LogP contribution in [0.5, 0.6) is 5.75 Å². The maximum absolute atomic E-state index is 5.57. The van der Waals surface area contributed by atoms with Crippen LogP contribution in [0.4, 0.5) is 5.95 Å². The first-order valence-electron chi connectivity index (χ1n) is 10.0. The molecule has 0 spiro atoms. The quantitative estimate of drug-likeness (QED) is 0.704. The standard InChI is InChI=1S/C20H25N7O/c1-28-17-10-18-23-12-16(27(18)26-19(17)13-4-2-5-13)15-7-9-22-20(25-15)24-14-6-3-8-21-11-14/h7,9-10,12-14,21H,2-6,8,11H2,1H3,(H,22,24,25). The fourth-order valence-electron chi connectivity index (χ4n) is 3.94. The molecule has 1 aliphatic carbocycles. The molecule has 8 nitrogen and oxygen atoms in total. The lowest BCUT2D eigenvalue weighted by molar-refractivity contribution is 0.362. The first kappa shape index (κ1) is 17.4. The van der Waals surface area contributed by atoms with Crippen LogP contribution in [0.25, 0.3) is 17.0 Å². The fourth-order valence-corrected chi connectivity index (χ4v) is 3.94. The Balaban J connectivity index is 1.49. The first-order valence-corrected chi connectivity index (χ1v) is 10.0. The molecule has 3 aromatic heterocycles. The smallest absolute Gasteiger partial charge is 0.223 e. The second-order valence-electron chi connectivity index (χ2n) is 7.59. The van der Waals surface area contributed by atoms with Gasteiger partial charge in [0.15, 0.2) is 5.65 Å². The van der Waals surface area contributed by atoms with Crippen molar-refractivity contribution < 1.29 is 4.74 Å². The summed E-state index contributed by atoms with van der Waals surface area (Å²) in [6, 6.07) is 4.24. The number of hydrogen-bond acceptors (Lipinski definition) is 7. The van der Waals surface area contributed by atoms with Crippen LogP contribution in [0, 0.1) is 0 Å². The van der Waals surface area contributed by atoms with Gasteiger partial charge in [-0.15, -0.1) is 0 Å². The third-order valence-corrected chi connectivity index (χ3v) is 5.74. The van der Waals surface area contributed by atoms with Crippen LogP contribution in [0.3, 0.4) is 0 Å². The van der Waals surface area contributed by atoms with Crippen molar-refractivity contribution in [3.05, 3.63) is 30.2 Å². The van der Waals surface area contributed by atoms with Crippen molar-refractivity contribution in [2.24, 2.45) is 0 Å². The molecule has 5 rings (SSSR count). The summed E-state index contributed by atoms with van der Waals surface area (Å²) >= 11 is 0. The molecular formula is C20H25N7O. The molecule has 0 bridgehead atoms. The summed E-state index contributed by atoms with van der Waals surface area (Å²) < 4.78 is 7.45. The highest BCUT2D eigenvalue weighted by molar-refractivity contribution is 5.61. The maximum atomic E-state index is 5.57. The first-order chi connectivity index (χ1) is 13.8. The highest BCUT2D eigenvalue weighted by atomic mass is 16.5. The Morgan fingerprint density at radius 1 is 1.21 bits per heavy atom. The number of rotatable bonds is 5. The number of fused-ring (bicyclic) bond motifs is 1. The molecule has 0 radical (unpaired) electrons. The van der Waals surface area contributed by atoms with Crippen LogP contribution in [0.1, 0.15) is 43.7 Å². The van der Waals surface area contributed by atoms with Crippen LogP contribution in [-0.2, 0) is 0 Å². The van der Waals surface area contributed by atoms with Crippen molar-refractivity contribution in [3.8, 4) is 17.1 Å². The Labute approximate surface area is 163 Å². The molecule has 4 heterocycles. The number of methoxy groups -OCH3 is 1. The topological polar surface area (TPSA) is 89.3 Å². The minimum atomic E-state index is 0.360. The Morgan fingerprint density at radius 3 is 2.89 bits per heavy atom. The summed E-state index contributed by atoms with van der Waals surface area (Å²) in [6.07, 6.45) is 9.48. The molecule has 2 aliphatic rings. The van der Waals surface area contributed by atoms with E-state index in [9.17, 15) is 0 Å². The zero-order valence-corrected chi connectivity index (χ0v) is 16.1. The van der Waals surface area contributed by atoms with Crippen molar-refractivity contribution in [2.45, 2.75) is 44.1 Å². The molecule has 1 saturated carbocycles. The minimum Gasteiger partial charge on any atom is -0.495 e. The molecule has 2 fully saturated rings. The van der Waals surface area contributed by atoms with Gasteiger partial charge in [0.25, 0.3) is 0 Å². The van der Waals surface area contributed by atoms with E-state index in [1.54, 1.807) is 13.3 Å². The van der Waals surface area contributed by atoms with E-state index in [1.807, 2.05) is 22.8 Å². The van der Waals surface area contributed by atoms with E-state index >= 15 is 0 Å². The van der Waals surface area contributed by atoms with Gasteiger partial charge in [-0.05, 0) is 38.3 Å². The number of nitrogens with one attached hydrogen (secondary N) is 2. The Kier molecular flexibility index (Phi) is 4.56. The molecule has 0 aromatic carbocycles. The van der Waals surface area contributed by atoms with E-state index < -0.39 is 0 Å². The molecule has 1 unspecified atom stereocenters. The van der Waals surface area contributed by atoms with E-state index in [4.69, 9.17) is 14.8 Å². The third kappa shape index (κ3) is 3.17. The Morgan fingerprint density at radius 2 is 2.14 bits per heavy atom. The van der Waals surface area contributed by atoms with Crippen molar-refractivity contribution in [1.29, 1.82) is 0 Å². The average Bonchev–Trinajstić information content (AvgIpc) is 3.10. The lowest BCUT2D eigenvalue weighted by Gasteiger charge is -2.26. The highest BCUT2D eigenvalue weighted by Gasteiger charge is 2.26. The summed E-state index contributed by atoms with van der Waals surface area (Å²) in [6.45, 7) is 2.02. The Hall–Kier alpha value is -2.74. The number of imidazole rings is 1. The van der Waals surface area contributed by atoms with Gasteiger partial charge in [0.1, 0.15) is 17.1 Å². The van der Waals surface area contributed by atoms with Gasteiger partial charge in [-0.2, -0.15) is 5.10 Å². The molecular weight excluding hydrogens is 354 g/mol. The van der Waals surface area contributed by atoms with Gasteiger partial charge in [-0.3, -0.25) is 0 Å². The summed E-state index contributed by atoms with van der Waals surface area (Å²) in [5, 5.41) is 11.7. The van der Waals surface area contributed by atoms with Crippen LogP contribution in [0.15, 0.2) is 24.5 Å². The van der Waals surface area contributed by atoms with Crippen molar-refractivity contribution in [1.82, 2.24) is 29.9 Å². The monoisotopic (exact) mass is 379 g/mol. The van der Waals surface area contributed by atoms with Gasteiger partial charge in [-0.1, -0.05) is 6.42 Å². The second-order valence-corrected chi connectivity index (χ2v) is 7.59. The molecule has 1 atom stereocenters. The molecule has 146 valence electrons. The van der Waals surface area contributed by atoms with E-state index in [0.717, 1.165) is 60.8 Å². The number of aromatic nitrogens is 5.